The largest absolute Gasteiger partial charge is 0.337 e. The predicted molar refractivity (Wildman–Crippen MR) is 75.8 cm³/mol. The first-order valence-corrected chi connectivity index (χ1v) is 6.05. The number of carbonyl (C=O) groups is 1. The van der Waals surface area contributed by atoms with Crippen molar-refractivity contribution in [2.24, 2.45) is 0 Å². The van der Waals surface area contributed by atoms with Crippen LogP contribution < -0.4 is 5.32 Å². The lowest BCUT2D eigenvalue weighted by Crippen LogP contribution is -2.06. The Morgan fingerprint density at radius 2 is 1.95 bits per heavy atom. The van der Waals surface area contributed by atoms with Gasteiger partial charge in [-0.1, -0.05) is 30.3 Å². The van der Waals surface area contributed by atoms with Gasteiger partial charge in [0.05, 0.1) is 11.4 Å². The standard InChI is InChI=1S/C15H13N3O/c1-10(19)17-14-12-8-5-9-16-15(12)18-13(14)11-6-3-2-4-7-11/h2-9H,1H3,(H,16,18)(H,17,19). The number of anilines is 1. The third kappa shape index (κ3) is 2.08. The summed E-state index contributed by atoms with van der Waals surface area (Å²) in [5.41, 5.74) is 3.45. The Morgan fingerprint density at radius 3 is 2.68 bits per heavy atom. The van der Waals surface area contributed by atoms with Crippen molar-refractivity contribution < 1.29 is 4.79 Å². The third-order valence-electron chi connectivity index (χ3n) is 2.93. The molecule has 2 aromatic heterocycles. The van der Waals surface area contributed by atoms with E-state index >= 15 is 0 Å². The first-order valence-electron chi connectivity index (χ1n) is 6.05. The van der Waals surface area contributed by atoms with Gasteiger partial charge in [-0.25, -0.2) is 4.98 Å². The third-order valence-corrected chi connectivity index (χ3v) is 2.93. The number of rotatable bonds is 2. The smallest absolute Gasteiger partial charge is 0.221 e. The molecular formula is C15H13N3O. The summed E-state index contributed by atoms with van der Waals surface area (Å²) in [7, 11) is 0. The van der Waals surface area contributed by atoms with Crippen LogP contribution in [0, 0.1) is 0 Å². The van der Waals surface area contributed by atoms with Crippen molar-refractivity contribution in [2.75, 3.05) is 5.32 Å². The number of nitrogens with one attached hydrogen (secondary N) is 2. The van der Waals surface area contributed by atoms with Gasteiger partial charge < -0.3 is 10.3 Å². The van der Waals surface area contributed by atoms with Crippen molar-refractivity contribution in [2.45, 2.75) is 6.92 Å². The first-order chi connectivity index (χ1) is 9.25. The second-order valence-electron chi connectivity index (χ2n) is 4.32. The van der Waals surface area contributed by atoms with Crippen molar-refractivity contribution >= 4 is 22.6 Å². The van der Waals surface area contributed by atoms with E-state index in [0.717, 1.165) is 28.0 Å². The first kappa shape index (κ1) is 11.5. The fraction of sp³-hybridized carbons (Fsp3) is 0.0667. The number of fused-ring (bicyclic) bond motifs is 1. The maximum Gasteiger partial charge on any atom is 0.221 e. The monoisotopic (exact) mass is 251 g/mol. The molecular weight excluding hydrogens is 238 g/mol. The molecule has 0 aliphatic carbocycles. The molecule has 0 radical (unpaired) electrons. The van der Waals surface area contributed by atoms with Crippen LogP contribution in [0.3, 0.4) is 0 Å². The maximum absolute atomic E-state index is 11.4. The van der Waals surface area contributed by atoms with Crippen molar-refractivity contribution in [1.29, 1.82) is 0 Å². The summed E-state index contributed by atoms with van der Waals surface area (Å²) in [6.45, 7) is 1.50. The normalized spacial score (nSPS) is 10.6. The molecule has 1 amide bonds. The molecule has 4 heteroatoms. The van der Waals surface area contributed by atoms with Crippen LogP contribution in [0.4, 0.5) is 5.69 Å². The SMILES string of the molecule is CC(=O)Nc1c(-c2ccccc2)[nH]c2ncccc12. The Kier molecular flexibility index (Phi) is 2.76. The van der Waals surface area contributed by atoms with Gasteiger partial charge >= 0.3 is 0 Å². The molecule has 0 saturated heterocycles. The molecule has 0 atom stereocenters. The summed E-state index contributed by atoms with van der Waals surface area (Å²) in [4.78, 5) is 18.9. The molecule has 0 aliphatic rings. The van der Waals surface area contributed by atoms with E-state index in [-0.39, 0.29) is 5.91 Å². The van der Waals surface area contributed by atoms with Crippen LogP contribution >= 0.6 is 0 Å². The number of benzene rings is 1. The molecule has 94 valence electrons. The van der Waals surface area contributed by atoms with Crippen LogP contribution in [-0.2, 0) is 4.79 Å². The Morgan fingerprint density at radius 1 is 1.16 bits per heavy atom. The zero-order valence-corrected chi connectivity index (χ0v) is 10.5. The summed E-state index contributed by atoms with van der Waals surface area (Å²) in [5, 5.41) is 3.80. The average molecular weight is 251 g/mol. The van der Waals surface area contributed by atoms with E-state index in [1.54, 1.807) is 6.20 Å². The van der Waals surface area contributed by atoms with E-state index in [0.29, 0.717) is 0 Å². The Hall–Kier alpha value is -2.62. The molecule has 0 bridgehead atoms. The van der Waals surface area contributed by atoms with Gasteiger partial charge in [-0.2, -0.15) is 0 Å². The number of H-pyrrole nitrogens is 1. The van der Waals surface area contributed by atoms with Crippen LogP contribution in [0.5, 0.6) is 0 Å². The van der Waals surface area contributed by atoms with E-state index in [1.165, 1.54) is 6.92 Å². The average Bonchev–Trinajstić information content (AvgIpc) is 2.78. The molecule has 2 heterocycles. The summed E-state index contributed by atoms with van der Waals surface area (Å²) >= 11 is 0. The van der Waals surface area contributed by atoms with Gasteiger partial charge in [0.1, 0.15) is 5.65 Å². The van der Waals surface area contributed by atoms with Gasteiger partial charge in [0, 0.05) is 24.1 Å². The summed E-state index contributed by atoms with van der Waals surface area (Å²) in [6, 6.07) is 13.7. The van der Waals surface area contributed by atoms with Crippen molar-refractivity contribution in [1.82, 2.24) is 9.97 Å². The molecule has 0 spiro atoms. The topological polar surface area (TPSA) is 57.8 Å². The minimum atomic E-state index is -0.0954. The van der Waals surface area contributed by atoms with Gasteiger partial charge in [0.25, 0.3) is 0 Å². The number of amides is 1. The molecule has 0 aliphatic heterocycles. The van der Waals surface area contributed by atoms with Crippen molar-refractivity contribution in [3.05, 3.63) is 48.7 Å². The van der Waals surface area contributed by atoms with Crippen molar-refractivity contribution in [3.8, 4) is 11.3 Å². The molecule has 3 aromatic rings. The number of nitrogens with zero attached hydrogens (tertiary/aromatic N) is 1. The second-order valence-corrected chi connectivity index (χ2v) is 4.32. The Balaban J connectivity index is 2.26. The van der Waals surface area contributed by atoms with Crippen LogP contribution in [-0.4, -0.2) is 15.9 Å². The lowest BCUT2D eigenvalue weighted by atomic mass is 10.1. The van der Waals surface area contributed by atoms with Gasteiger partial charge in [0.2, 0.25) is 5.91 Å². The molecule has 0 fully saturated rings. The number of aromatic nitrogens is 2. The van der Waals surface area contributed by atoms with Gasteiger partial charge in [-0.3, -0.25) is 4.79 Å². The van der Waals surface area contributed by atoms with Gasteiger partial charge in [-0.05, 0) is 12.1 Å². The predicted octanol–water partition coefficient (Wildman–Crippen LogP) is 3.19. The highest BCUT2D eigenvalue weighted by atomic mass is 16.1. The highest BCUT2D eigenvalue weighted by molar-refractivity contribution is 6.06. The minimum absolute atomic E-state index is 0.0954. The maximum atomic E-state index is 11.4. The number of pyridine rings is 1. The highest BCUT2D eigenvalue weighted by Gasteiger charge is 2.14. The molecule has 19 heavy (non-hydrogen) atoms. The molecule has 1 aromatic carbocycles. The Bertz CT molecular complexity index is 731. The summed E-state index contributed by atoms with van der Waals surface area (Å²) in [6.07, 6.45) is 1.73. The summed E-state index contributed by atoms with van der Waals surface area (Å²) < 4.78 is 0. The van der Waals surface area contributed by atoms with Crippen LogP contribution in [0.1, 0.15) is 6.92 Å². The molecule has 2 N–H and O–H groups in total. The second kappa shape index (κ2) is 4.57. The number of hydrogen-bond acceptors (Lipinski definition) is 2. The van der Waals surface area contributed by atoms with E-state index in [4.69, 9.17) is 0 Å². The molecule has 3 rings (SSSR count). The lowest BCUT2D eigenvalue weighted by Gasteiger charge is -2.05. The number of carbonyl (C=O) groups excluding carboxylic acids is 1. The fourth-order valence-electron chi connectivity index (χ4n) is 2.15. The van der Waals surface area contributed by atoms with Crippen LogP contribution in [0.15, 0.2) is 48.7 Å². The zero-order valence-electron chi connectivity index (χ0n) is 10.5. The highest BCUT2D eigenvalue weighted by Crippen LogP contribution is 2.33. The lowest BCUT2D eigenvalue weighted by molar-refractivity contribution is -0.114. The van der Waals surface area contributed by atoms with E-state index in [9.17, 15) is 4.79 Å². The minimum Gasteiger partial charge on any atom is -0.337 e. The molecule has 0 unspecified atom stereocenters. The zero-order chi connectivity index (χ0) is 13.2. The molecule has 4 nitrogen and oxygen atoms in total. The van der Waals surface area contributed by atoms with E-state index < -0.39 is 0 Å². The van der Waals surface area contributed by atoms with Crippen LogP contribution in [0.2, 0.25) is 0 Å². The van der Waals surface area contributed by atoms with E-state index in [2.05, 4.69) is 15.3 Å². The van der Waals surface area contributed by atoms with Gasteiger partial charge in [-0.15, -0.1) is 0 Å². The fourth-order valence-corrected chi connectivity index (χ4v) is 2.15. The van der Waals surface area contributed by atoms with Crippen molar-refractivity contribution in [3.63, 3.8) is 0 Å². The van der Waals surface area contributed by atoms with Gasteiger partial charge in [0.15, 0.2) is 0 Å². The van der Waals surface area contributed by atoms with Crippen LogP contribution in [0.25, 0.3) is 22.3 Å². The molecule has 0 saturated carbocycles. The van der Waals surface area contributed by atoms with E-state index in [1.807, 2.05) is 42.5 Å². The Labute approximate surface area is 110 Å². The summed E-state index contributed by atoms with van der Waals surface area (Å²) in [5.74, 6) is -0.0954. The number of hydrogen-bond donors (Lipinski definition) is 2. The quantitative estimate of drug-likeness (QED) is 0.734. The number of aromatic amines is 1.